The van der Waals surface area contributed by atoms with Gasteiger partial charge in [0.15, 0.2) is 0 Å². The SMILES string of the molecule is CCC(CO)C1(c2ccc(Br)s2)COC1. The zero-order valence-electron chi connectivity index (χ0n) is 8.70. The van der Waals surface area contributed by atoms with Gasteiger partial charge in [-0.1, -0.05) is 13.3 Å². The van der Waals surface area contributed by atoms with E-state index in [1.165, 1.54) is 4.88 Å². The maximum Gasteiger partial charge on any atom is 0.0701 e. The van der Waals surface area contributed by atoms with Gasteiger partial charge >= 0.3 is 0 Å². The first kappa shape index (κ1) is 11.6. The lowest BCUT2D eigenvalue weighted by Gasteiger charge is -2.46. The van der Waals surface area contributed by atoms with E-state index in [1.807, 2.05) is 0 Å². The molecule has 0 bridgehead atoms. The maximum atomic E-state index is 9.43. The van der Waals surface area contributed by atoms with E-state index in [-0.39, 0.29) is 12.0 Å². The normalized spacial score (nSPS) is 21.0. The van der Waals surface area contributed by atoms with Gasteiger partial charge in [0.1, 0.15) is 0 Å². The molecule has 1 N–H and O–H groups in total. The van der Waals surface area contributed by atoms with E-state index in [4.69, 9.17) is 4.74 Å². The van der Waals surface area contributed by atoms with E-state index >= 15 is 0 Å². The van der Waals surface area contributed by atoms with Gasteiger partial charge in [-0.25, -0.2) is 0 Å². The number of aliphatic hydroxyl groups is 1. The Morgan fingerprint density at radius 3 is 2.67 bits per heavy atom. The minimum absolute atomic E-state index is 0.0696. The van der Waals surface area contributed by atoms with Crippen molar-refractivity contribution in [2.75, 3.05) is 19.8 Å². The number of halogens is 1. The molecule has 1 aromatic heterocycles. The molecular formula is C11H15BrO2S. The van der Waals surface area contributed by atoms with Crippen molar-refractivity contribution in [3.63, 3.8) is 0 Å². The molecule has 0 aromatic carbocycles. The lowest BCUT2D eigenvalue weighted by Crippen LogP contribution is -2.52. The molecule has 1 fully saturated rings. The van der Waals surface area contributed by atoms with Crippen LogP contribution >= 0.6 is 27.3 Å². The van der Waals surface area contributed by atoms with E-state index in [0.717, 1.165) is 23.4 Å². The summed E-state index contributed by atoms with van der Waals surface area (Å²) in [5.74, 6) is 0.316. The second-order valence-corrected chi connectivity index (χ2v) is 6.50. The third-order valence-corrected chi connectivity index (χ3v) is 5.12. The second-order valence-electron chi connectivity index (χ2n) is 4.04. The Kier molecular flexibility index (Phi) is 3.50. The molecule has 1 aliphatic heterocycles. The Morgan fingerprint density at radius 2 is 2.33 bits per heavy atom. The maximum absolute atomic E-state index is 9.43. The summed E-state index contributed by atoms with van der Waals surface area (Å²) in [7, 11) is 0. The van der Waals surface area contributed by atoms with Crippen LogP contribution in [0, 0.1) is 5.92 Å². The molecule has 0 amide bonds. The van der Waals surface area contributed by atoms with Crippen LogP contribution in [0.4, 0.5) is 0 Å². The predicted molar refractivity (Wildman–Crippen MR) is 65.4 cm³/mol. The molecule has 1 unspecified atom stereocenters. The molecule has 1 atom stereocenters. The number of thiophene rings is 1. The third kappa shape index (κ3) is 1.88. The summed E-state index contributed by atoms with van der Waals surface area (Å²) in [4.78, 5) is 1.33. The molecule has 15 heavy (non-hydrogen) atoms. The molecule has 1 saturated heterocycles. The highest BCUT2D eigenvalue weighted by molar-refractivity contribution is 9.11. The Hall–Kier alpha value is 0.1000. The molecule has 1 aromatic rings. The topological polar surface area (TPSA) is 29.5 Å². The second kappa shape index (κ2) is 4.53. The van der Waals surface area contributed by atoms with Crippen molar-refractivity contribution in [3.05, 3.63) is 20.8 Å². The molecule has 0 radical (unpaired) electrons. The van der Waals surface area contributed by atoms with Crippen molar-refractivity contribution in [3.8, 4) is 0 Å². The van der Waals surface area contributed by atoms with Crippen LogP contribution in [0.5, 0.6) is 0 Å². The highest BCUT2D eigenvalue weighted by Gasteiger charge is 2.46. The number of hydrogen-bond acceptors (Lipinski definition) is 3. The molecule has 0 aliphatic carbocycles. The van der Waals surface area contributed by atoms with Crippen LogP contribution in [-0.2, 0) is 10.2 Å². The van der Waals surface area contributed by atoms with Gasteiger partial charge in [0.25, 0.3) is 0 Å². The minimum atomic E-state index is 0.0696. The van der Waals surface area contributed by atoms with E-state index in [1.54, 1.807) is 11.3 Å². The summed E-state index contributed by atoms with van der Waals surface area (Å²) in [5.41, 5.74) is 0.0696. The quantitative estimate of drug-likeness (QED) is 0.924. The Bertz CT molecular complexity index is 329. The molecule has 2 heterocycles. The fraction of sp³-hybridized carbons (Fsp3) is 0.636. The van der Waals surface area contributed by atoms with E-state index < -0.39 is 0 Å². The number of ether oxygens (including phenoxy) is 1. The predicted octanol–water partition coefficient (Wildman–Crippen LogP) is 2.80. The van der Waals surface area contributed by atoms with E-state index in [2.05, 4.69) is 35.0 Å². The lowest BCUT2D eigenvalue weighted by molar-refractivity contribution is -0.0992. The summed E-state index contributed by atoms with van der Waals surface area (Å²) in [6.45, 7) is 3.87. The number of aliphatic hydroxyl groups excluding tert-OH is 1. The van der Waals surface area contributed by atoms with Gasteiger partial charge in [-0.3, -0.25) is 0 Å². The Balaban J connectivity index is 2.28. The van der Waals surface area contributed by atoms with Gasteiger partial charge in [0.2, 0.25) is 0 Å². The highest BCUT2D eigenvalue weighted by atomic mass is 79.9. The first-order chi connectivity index (χ1) is 7.23. The summed E-state index contributed by atoms with van der Waals surface area (Å²) >= 11 is 5.24. The molecular weight excluding hydrogens is 276 g/mol. The van der Waals surface area contributed by atoms with Crippen molar-refractivity contribution in [2.45, 2.75) is 18.8 Å². The van der Waals surface area contributed by atoms with Crippen molar-refractivity contribution in [2.24, 2.45) is 5.92 Å². The summed E-state index contributed by atoms with van der Waals surface area (Å²) in [6, 6.07) is 4.22. The number of rotatable bonds is 4. The Labute approximate surface area is 102 Å². The molecule has 0 saturated carbocycles. The van der Waals surface area contributed by atoms with Gasteiger partial charge in [-0.05, 0) is 34.0 Å². The zero-order valence-corrected chi connectivity index (χ0v) is 11.1. The van der Waals surface area contributed by atoms with Gasteiger partial charge in [0, 0.05) is 11.5 Å². The average Bonchev–Trinajstić information content (AvgIpc) is 2.58. The van der Waals surface area contributed by atoms with Crippen LogP contribution in [0.1, 0.15) is 18.2 Å². The third-order valence-electron chi connectivity index (χ3n) is 3.28. The monoisotopic (exact) mass is 290 g/mol. The van der Waals surface area contributed by atoms with Gasteiger partial charge in [0.05, 0.1) is 22.4 Å². The van der Waals surface area contributed by atoms with Gasteiger partial charge in [-0.15, -0.1) is 11.3 Å². The van der Waals surface area contributed by atoms with Crippen LogP contribution in [0.3, 0.4) is 0 Å². The van der Waals surface area contributed by atoms with E-state index in [9.17, 15) is 5.11 Å². The molecule has 1 aliphatic rings. The van der Waals surface area contributed by atoms with Gasteiger partial charge < -0.3 is 9.84 Å². The number of hydrogen-bond donors (Lipinski definition) is 1. The van der Waals surface area contributed by atoms with Crippen molar-refractivity contribution >= 4 is 27.3 Å². The molecule has 0 spiro atoms. The molecule has 2 nitrogen and oxygen atoms in total. The summed E-state index contributed by atoms with van der Waals surface area (Å²) in [5, 5.41) is 9.43. The first-order valence-corrected chi connectivity index (χ1v) is 6.78. The van der Waals surface area contributed by atoms with Crippen molar-refractivity contribution < 1.29 is 9.84 Å². The fourth-order valence-corrected chi connectivity index (χ4v) is 3.80. The standard InChI is InChI=1S/C11H15BrO2S/c1-2-8(5-13)11(6-14-7-11)9-3-4-10(12)15-9/h3-4,8,13H,2,5-7H2,1H3. The van der Waals surface area contributed by atoms with Crippen LogP contribution < -0.4 is 0 Å². The molecule has 4 heteroatoms. The smallest absolute Gasteiger partial charge is 0.0701 e. The zero-order chi connectivity index (χ0) is 10.9. The summed E-state index contributed by atoms with van der Waals surface area (Å²) < 4.78 is 6.52. The van der Waals surface area contributed by atoms with Crippen LogP contribution in [0.15, 0.2) is 15.9 Å². The lowest BCUT2D eigenvalue weighted by atomic mass is 9.71. The minimum Gasteiger partial charge on any atom is -0.396 e. The van der Waals surface area contributed by atoms with Crippen LogP contribution in [-0.4, -0.2) is 24.9 Å². The molecule has 2 rings (SSSR count). The highest BCUT2D eigenvalue weighted by Crippen LogP contribution is 2.44. The first-order valence-electron chi connectivity index (χ1n) is 5.17. The van der Waals surface area contributed by atoms with Gasteiger partial charge in [-0.2, -0.15) is 0 Å². The van der Waals surface area contributed by atoms with Crippen molar-refractivity contribution in [1.29, 1.82) is 0 Å². The average molecular weight is 291 g/mol. The van der Waals surface area contributed by atoms with E-state index in [0.29, 0.717) is 5.92 Å². The summed E-state index contributed by atoms with van der Waals surface area (Å²) in [6.07, 6.45) is 0.995. The van der Waals surface area contributed by atoms with Crippen LogP contribution in [0.25, 0.3) is 0 Å². The molecule has 84 valence electrons. The fourth-order valence-electron chi connectivity index (χ4n) is 2.18. The van der Waals surface area contributed by atoms with Crippen molar-refractivity contribution in [1.82, 2.24) is 0 Å². The largest absolute Gasteiger partial charge is 0.396 e. The Morgan fingerprint density at radius 1 is 1.60 bits per heavy atom. The van der Waals surface area contributed by atoms with Crippen LogP contribution in [0.2, 0.25) is 0 Å².